The van der Waals surface area contributed by atoms with Crippen molar-refractivity contribution in [2.45, 2.75) is 64.8 Å². The van der Waals surface area contributed by atoms with E-state index in [9.17, 15) is 4.79 Å². The van der Waals surface area contributed by atoms with Gasteiger partial charge in [0.05, 0.1) is 0 Å². The number of carbonyl (C=O) groups is 1. The third-order valence-corrected chi connectivity index (χ3v) is 4.41. The molecule has 1 amide bonds. The fraction of sp³-hybridized carbons (Fsp3) is 0.867. The largest absolute Gasteiger partial charge is 0.342 e. The van der Waals surface area contributed by atoms with E-state index in [-0.39, 0.29) is 11.4 Å². The van der Waals surface area contributed by atoms with Crippen molar-refractivity contribution in [3.8, 4) is 0 Å². The van der Waals surface area contributed by atoms with Crippen LogP contribution in [-0.2, 0) is 4.79 Å². The lowest BCUT2D eigenvalue weighted by molar-refractivity contribution is -0.124. The summed E-state index contributed by atoms with van der Waals surface area (Å²) in [5.41, 5.74) is -0.375. The average molecular weight is 265 g/mol. The lowest BCUT2D eigenvalue weighted by atomic mass is 9.89. The van der Waals surface area contributed by atoms with Gasteiger partial charge >= 0.3 is 0 Å². The van der Waals surface area contributed by atoms with Gasteiger partial charge in [0.2, 0.25) is 0 Å². The van der Waals surface area contributed by atoms with E-state index in [2.05, 4.69) is 36.4 Å². The van der Waals surface area contributed by atoms with Crippen LogP contribution in [0.4, 0.5) is 0 Å². The molecule has 1 spiro atoms. The van der Waals surface area contributed by atoms with Crippen molar-refractivity contribution in [3.63, 3.8) is 0 Å². The summed E-state index contributed by atoms with van der Waals surface area (Å²) in [5, 5.41) is 6.32. The van der Waals surface area contributed by atoms with Gasteiger partial charge in [0.1, 0.15) is 5.54 Å². The second kappa shape index (κ2) is 5.93. The minimum Gasteiger partial charge on any atom is -0.342 e. The third kappa shape index (κ3) is 3.28. The maximum atomic E-state index is 12.3. The van der Waals surface area contributed by atoms with Crippen LogP contribution in [0.15, 0.2) is 4.99 Å². The molecule has 4 nitrogen and oxygen atoms in total. The Morgan fingerprint density at radius 2 is 2.16 bits per heavy atom. The molecule has 1 heterocycles. The van der Waals surface area contributed by atoms with Gasteiger partial charge in [-0.2, -0.15) is 0 Å². The first-order valence-corrected chi connectivity index (χ1v) is 7.70. The Labute approximate surface area is 116 Å². The molecule has 1 aliphatic carbocycles. The summed E-state index contributed by atoms with van der Waals surface area (Å²) in [4.78, 5) is 16.8. The summed E-state index contributed by atoms with van der Waals surface area (Å²) in [6.07, 6.45) is 6.65. The smallest absolute Gasteiger partial charge is 0.252 e. The van der Waals surface area contributed by atoms with Crippen LogP contribution in [0.25, 0.3) is 0 Å². The first-order valence-electron chi connectivity index (χ1n) is 7.70. The highest BCUT2D eigenvalue weighted by Gasteiger charge is 2.45. The summed E-state index contributed by atoms with van der Waals surface area (Å²) in [6.45, 7) is 7.28. The van der Waals surface area contributed by atoms with Gasteiger partial charge in [-0.15, -0.1) is 0 Å². The number of carbonyl (C=O) groups excluding carboxylic acids is 1. The number of guanidine groups is 1. The van der Waals surface area contributed by atoms with Gasteiger partial charge < -0.3 is 5.32 Å². The number of nitrogens with one attached hydrogen (secondary N) is 2. The Bertz CT molecular complexity index is 364. The summed E-state index contributed by atoms with van der Waals surface area (Å²) in [7, 11) is 0. The van der Waals surface area contributed by atoms with E-state index in [4.69, 9.17) is 0 Å². The number of hydrogen-bond donors (Lipinski definition) is 2. The third-order valence-electron chi connectivity index (χ3n) is 4.41. The number of nitrogens with zero attached hydrogens (tertiary/aromatic N) is 1. The van der Waals surface area contributed by atoms with Crippen LogP contribution in [-0.4, -0.2) is 24.0 Å². The van der Waals surface area contributed by atoms with E-state index in [1.165, 1.54) is 12.8 Å². The highest BCUT2D eigenvalue weighted by molar-refractivity contribution is 6.09. The minimum absolute atomic E-state index is 0.131. The molecule has 1 aliphatic heterocycles. The second-order valence-corrected chi connectivity index (χ2v) is 6.45. The van der Waals surface area contributed by atoms with Gasteiger partial charge in [-0.25, -0.2) is 0 Å². The Balaban J connectivity index is 2.03. The Kier molecular flexibility index (Phi) is 4.48. The molecule has 2 N–H and O–H groups in total. The molecule has 2 fully saturated rings. The average Bonchev–Trinajstić information content (AvgIpc) is 2.56. The molecule has 4 heteroatoms. The molecular weight excluding hydrogens is 238 g/mol. The van der Waals surface area contributed by atoms with E-state index >= 15 is 0 Å². The molecule has 0 aromatic rings. The molecule has 108 valence electrons. The van der Waals surface area contributed by atoms with Crippen LogP contribution in [0.5, 0.6) is 0 Å². The fourth-order valence-electron chi connectivity index (χ4n) is 3.07. The number of aliphatic imine (C=N–C) groups is 1. The molecule has 2 unspecified atom stereocenters. The molecule has 0 aromatic heterocycles. The lowest BCUT2D eigenvalue weighted by Gasteiger charge is -2.24. The molecule has 2 atom stereocenters. The molecule has 0 aromatic carbocycles. The minimum atomic E-state index is -0.375. The number of hydrogen-bond acceptors (Lipinski definition) is 2. The maximum absolute atomic E-state index is 12.3. The highest BCUT2D eigenvalue weighted by Crippen LogP contribution is 2.33. The van der Waals surface area contributed by atoms with Crippen LogP contribution < -0.4 is 10.6 Å². The number of amides is 1. The van der Waals surface area contributed by atoms with Gasteiger partial charge in [0.15, 0.2) is 5.96 Å². The van der Waals surface area contributed by atoms with Gasteiger partial charge in [0.25, 0.3) is 5.91 Å². The van der Waals surface area contributed by atoms with E-state index in [1.807, 2.05) is 0 Å². The van der Waals surface area contributed by atoms with E-state index in [1.54, 1.807) is 0 Å². The standard InChI is InChI=1S/C15H27N3O/c1-4-12-6-5-8-15(9-7-12)13(19)17-14(18-15)16-10-11(2)3/h11-12H,4-10H2,1-3H3,(H2,16,17,18,19). The van der Waals surface area contributed by atoms with Crippen molar-refractivity contribution in [2.75, 3.05) is 6.54 Å². The highest BCUT2D eigenvalue weighted by atomic mass is 16.2. The van der Waals surface area contributed by atoms with Crippen molar-refractivity contribution in [3.05, 3.63) is 0 Å². The summed E-state index contributed by atoms with van der Waals surface area (Å²) >= 11 is 0. The Hall–Kier alpha value is -1.06. The molecule has 2 rings (SSSR count). The molecule has 1 saturated heterocycles. The first kappa shape index (κ1) is 14.4. The first-order chi connectivity index (χ1) is 9.05. The van der Waals surface area contributed by atoms with Crippen LogP contribution in [0.1, 0.15) is 59.3 Å². The summed E-state index contributed by atoms with van der Waals surface area (Å²) in [6, 6.07) is 0. The zero-order valence-corrected chi connectivity index (χ0v) is 12.5. The molecule has 19 heavy (non-hydrogen) atoms. The molecule has 2 aliphatic rings. The summed E-state index contributed by atoms with van der Waals surface area (Å²) in [5.74, 6) is 2.12. The molecule has 0 bridgehead atoms. The van der Waals surface area contributed by atoms with Gasteiger partial charge in [-0.05, 0) is 31.1 Å². The van der Waals surface area contributed by atoms with Crippen molar-refractivity contribution in [2.24, 2.45) is 16.8 Å². The fourth-order valence-corrected chi connectivity index (χ4v) is 3.07. The zero-order chi connectivity index (χ0) is 13.9. The van der Waals surface area contributed by atoms with Crippen molar-refractivity contribution in [1.29, 1.82) is 0 Å². The van der Waals surface area contributed by atoms with E-state index in [0.29, 0.717) is 11.9 Å². The van der Waals surface area contributed by atoms with Gasteiger partial charge in [0, 0.05) is 6.54 Å². The van der Waals surface area contributed by atoms with Gasteiger partial charge in [-0.3, -0.25) is 15.1 Å². The van der Waals surface area contributed by atoms with Crippen LogP contribution >= 0.6 is 0 Å². The lowest BCUT2D eigenvalue weighted by Crippen LogP contribution is -2.46. The zero-order valence-electron chi connectivity index (χ0n) is 12.5. The predicted octanol–water partition coefficient (Wildman–Crippen LogP) is 2.45. The van der Waals surface area contributed by atoms with Gasteiger partial charge in [-0.1, -0.05) is 40.0 Å². The summed E-state index contributed by atoms with van der Waals surface area (Å²) < 4.78 is 0. The monoisotopic (exact) mass is 265 g/mol. The Morgan fingerprint density at radius 1 is 1.37 bits per heavy atom. The van der Waals surface area contributed by atoms with Crippen LogP contribution in [0.2, 0.25) is 0 Å². The van der Waals surface area contributed by atoms with Crippen LogP contribution in [0.3, 0.4) is 0 Å². The van der Waals surface area contributed by atoms with Crippen LogP contribution in [0, 0.1) is 11.8 Å². The van der Waals surface area contributed by atoms with E-state index < -0.39 is 0 Å². The second-order valence-electron chi connectivity index (χ2n) is 6.45. The van der Waals surface area contributed by atoms with Crippen molar-refractivity contribution in [1.82, 2.24) is 10.6 Å². The Morgan fingerprint density at radius 3 is 2.84 bits per heavy atom. The topological polar surface area (TPSA) is 53.5 Å². The quantitative estimate of drug-likeness (QED) is 0.823. The number of rotatable bonds is 3. The van der Waals surface area contributed by atoms with Crippen molar-refractivity contribution >= 4 is 11.9 Å². The van der Waals surface area contributed by atoms with E-state index in [0.717, 1.165) is 38.1 Å². The molecule has 1 saturated carbocycles. The normalized spacial score (nSPS) is 33.6. The SMILES string of the molecule is CCC1CCCC2(CC1)NC(=NCC(C)C)NC2=O. The molecular formula is C15H27N3O. The molecule has 0 radical (unpaired) electrons. The predicted molar refractivity (Wildman–Crippen MR) is 78.0 cm³/mol. The maximum Gasteiger partial charge on any atom is 0.252 e. The van der Waals surface area contributed by atoms with Crippen molar-refractivity contribution < 1.29 is 4.79 Å².